The van der Waals surface area contributed by atoms with Crippen molar-refractivity contribution in [3.05, 3.63) is 70.8 Å². The molecule has 4 nitrogen and oxygen atoms in total. The van der Waals surface area contributed by atoms with E-state index < -0.39 is 0 Å². The Kier molecular flexibility index (Phi) is 5.96. The molecule has 136 valence electrons. The number of rotatable bonds is 5. The van der Waals surface area contributed by atoms with Gasteiger partial charge in [-0.2, -0.15) is 0 Å². The highest BCUT2D eigenvalue weighted by atomic mass is 35.5. The lowest BCUT2D eigenvalue weighted by Crippen LogP contribution is -2.46. The summed E-state index contributed by atoms with van der Waals surface area (Å²) in [7, 11) is 0. The molecule has 0 aliphatic carbocycles. The summed E-state index contributed by atoms with van der Waals surface area (Å²) < 4.78 is 0. The van der Waals surface area contributed by atoms with Crippen molar-refractivity contribution >= 4 is 23.1 Å². The van der Waals surface area contributed by atoms with Gasteiger partial charge in [0.25, 0.3) is 0 Å². The van der Waals surface area contributed by atoms with E-state index in [1.807, 2.05) is 43.3 Å². The molecule has 5 heteroatoms. The standard InChI is InChI=1S/C21H23ClN2O2/c1-15(21(26)23-14-16-2-6-19(22)7-3-16)24-12-10-18(11-13-24)17-4-8-20(25)9-5-17/h2-10,15,25H,11-14H2,1H3,(H,23,26). The molecule has 1 heterocycles. The minimum Gasteiger partial charge on any atom is -0.508 e. The molecule has 0 saturated heterocycles. The minimum absolute atomic E-state index is 0.0291. The predicted octanol–water partition coefficient (Wildman–Crippen LogP) is 3.84. The first-order valence-corrected chi connectivity index (χ1v) is 9.15. The van der Waals surface area contributed by atoms with Gasteiger partial charge in [-0.1, -0.05) is 41.9 Å². The summed E-state index contributed by atoms with van der Waals surface area (Å²) in [5.74, 6) is 0.305. The highest BCUT2D eigenvalue weighted by Gasteiger charge is 2.23. The molecule has 0 spiro atoms. The van der Waals surface area contributed by atoms with Crippen molar-refractivity contribution in [3.63, 3.8) is 0 Å². The number of phenols is 1. The maximum Gasteiger partial charge on any atom is 0.237 e. The maximum absolute atomic E-state index is 12.4. The molecule has 1 aliphatic heterocycles. The first-order valence-electron chi connectivity index (χ1n) is 8.77. The molecule has 3 rings (SSSR count). The number of aromatic hydroxyl groups is 1. The third-order valence-corrected chi connectivity index (χ3v) is 5.04. The number of hydrogen-bond donors (Lipinski definition) is 2. The van der Waals surface area contributed by atoms with Crippen molar-refractivity contribution < 1.29 is 9.90 Å². The second kappa shape index (κ2) is 8.39. The summed E-state index contributed by atoms with van der Waals surface area (Å²) in [6.07, 6.45) is 3.05. The van der Waals surface area contributed by atoms with E-state index >= 15 is 0 Å². The van der Waals surface area contributed by atoms with Gasteiger partial charge in [-0.15, -0.1) is 0 Å². The number of nitrogens with one attached hydrogen (secondary N) is 1. The van der Waals surface area contributed by atoms with Gasteiger partial charge in [0.2, 0.25) is 5.91 Å². The molecular formula is C21H23ClN2O2. The Hall–Kier alpha value is -2.30. The lowest BCUT2D eigenvalue weighted by Gasteiger charge is -2.31. The Morgan fingerprint density at radius 2 is 1.88 bits per heavy atom. The summed E-state index contributed by atoms with van der Waals surface area (Å²) in [6.45, 7) is 4.02. The largest absolute Gasteiger partial charge is 0.508 e. The second-order valence-electron chi connectivity index (χ2n) is 6.54. The molecule has 0 radical (unpaired) electrons. The zero-order valence-electron chi connectivity index (χ0n) is 14.8. The van der Waals surface area contributed by atoms with Gasteiger partial charge < -0.3 is 10.4 Å². The number of phenolic OH excluding ortho intramolecular Hbond substituents is 1. The molecule has 26 heavy (non-hydrogen) atoms. The zero-order valence-corrected chi connectivity index (χ0v) is 15.5. The molecule has 0 fully saturated rings. The fourth-order valence-corrected chi connectivity index (χ4v) is 3.21. The fourth-order valence-electron chi connectivity index (χ4n) is 3.08. The van der Waals surface area contributed by atoms with Crippen LogP contribution >= 0.6 is 11.6 Å². The first-order chi connectivity index (χ1) is 12.5. The number of hydrogen-bond acceptors (Lipinski definition) is 3. The molecule has 0 aromatic heterocycles. The van der Waals surface area contributed by atoms with Gasteiger partial charge in [-0.25, -0.2) is 0 Å². The second-order valence-corrected chi connectivity index (χ2v) is 6.98. The SMILES string of the molecule is CC(C(=O)NCc1ccc(Cl)cc1)N1CC=C(c2ccc(O)cc2)CC1. The van der Waals surface area contributed by atoms with Gasteiger partial charge in [0, 0.05) is 24.7 Å². The summed E-state index contributed by atoms with van der Waals surface area (Å²) in [6, 6.07) is 14.6. The third kappa shape index (κ3) is 4.65. The van der Waals surface area contributed by atoms with Crippen LogP contribution in [0.2, 0.25) is 5.02 Å². The highest BCUT2D eigenvalue weighted by molar-refractivity contribution is 6.30. The van der Waals surface area contributed by atoms with Crippen LogP contribution in [0.3, 0.4) is 0 Å². The van der Waals surface area contributed by atoms with Crippen LogP contribution in [0.25, 0.3) is 5.57 Å². The quantitative estimate of drug-likeness (QED) is 0.840. The van der Waals surface area contributed by atoms with E-state index in [-0.39, 0.29) is 17.7 Å². The Balaban J connectivity index is 1.53. The lowest BCUT2D eigenvalue weighted by molar-refractivity contribution is -0.125. The molecule has 0 saturated carbocycles. The van der Waals surface area contributed by atoms with Crippen molar-refractivity contribution in [1.29, 1.82) is 0 Å². The molecule has 2 N–H and O–H groups in total. The van der Waals surface area contributed by atoms with Gasteiger partial charge in [-0.3, -0.25) is 9.69 Å². The van der Waals surface area contributed by atoms with Gasteiger partial charge in [0.15, 0.2) is 0 Å². The van der Waals surface area contributed by atoms with E-state index in [1.165, 1.54) is 5.57 Å². The average Bonchev–Trinajstić information content (AvgIpc) is 2.67. The molecule has 1 amide bonds. The normalized spacial score (nSPS) is 16.0. The minimum atomic E-state index is -0.181. The molecule has 2 aromatic rings. The van der Waals surface area contributed by atoms with Crippen LogP contribution in [0.15, 0.2) is 54.6 Å². The van der Waals surface area contributed by atoms with Crippen LogP contribution < -0.4 is 5.32 Å². The number of halogens is 1. The molecule has 1 aliphatic rings. The zero-order chi connectivity index (χ0) is 18.5. The van der Waals surface area contributed by atoms with Crippen LogP contribution in [0.4, 0.5) is 0 Å². The number of amides is 1. The highest BCUT2D eigenvalue weighted by Crippen LogP contribution is 2.24. The molecule has 1 atom stereocenters. The van der Waals surface area contributed by atoms with Crippen LogP contribution in [0.5, 0.6) is 5.75 Å². The average molecular weight is 371 g/mol. The smallest absolute Gasteiger partial charge is 0.237 e. The molecule has 2 aromatic carbocycles. The third-order valence-electron chi connectivity index (χ3n) is 4.79. The van der Waals surface area contributed by atoms with E-state index in [4.69, 9.17) is 11.6 Å². The van der Waals surface area contributed by atoms with Crippen molar-refractivity contribution in [2.45, 2.75) is 25.9 Å². The van der Waals surface area contributed by atoms with Crippen LogP contribution in [0.1, 0.15) is 24.5 Å². The van der Waals surface area contributed by atoms with E-state index in [0.29, 0.717) is 11.6 Å². The molecular weight excluding hydrogens is 348 g/mol. The number of carbonyl (C=O) groups excluding carboxylic acids is 1. The molecule has 1 unspecified atom stereocenters. The van der Waals surface area contributed by atoms with Crippen LogP contribution in [-0.4, -0.2) is 35.0 Å². The lowest BCUT2D eigenvalue weighted by atomic mass is 9.98. The Bertz CT molecular complexity index is 785. The maximum atomic E-state index is 12.4. The summed E-state index contributed by atoms with van der Waals surface area (Å²) in [4.78, 5) is 14.6. The van der Waals surface area contributed by atoms with E-state index in [2.05, 4.69) is 16.3 Å². The Labute approximate surface area is 159 Å². The van der Waals surface area contributed by atoms with Crippen molar-refractivity contribution in [2.24, 2.45) is 0 Å². The topological polar surface area (TPSA) is 52.6 Å². The fraction of sp³-hybridized carbons (Fsp3) is 0.286. The first kappa shape index (κ1) is 18.5. The Morgan fingerprint density at radius 1 is 1.19 bits per heavy atom. The van der Waals surface area contributed by atoms with Gasteiger partial charge in [0.05, 0.1) is 6.04 Å². The number of benzene rings is 2. The monoisotopic (exact) mass is 370 g/mol. The van der Waals surface area contributed by atoms with E-state index in [0.717, 1.165) is 30.6 Å². The van der Waals surface area contributed by atoms with Crippen LogP contribution in [-0.2, 0) is 11.3 Å². The van der Waals surface area contributed by atoms with E-state index in [9.17, 15) is 9.90 Å². The van der Waals surface area contributed by atoms with Crippen LogP contribution in [0, 0.1) is 0 Å². The number of nitrogens with zero attached hydrogens (tertiary/aromatic N) is 1. The van der Waals surface area contributed by atoms with Crippen molar-refractivity contribution in [2.75, 3.05) is 13.1 Å². The van der Waals surface area contributed by atoms with Crippen molar-refractivity contribution in [1.82, 2.24) is 10.2 Å². The van der Waals surface area contributed by atoms with E-state index in [1.54, 1.807) is 12.1 Å². The van der Waals surface area contributed by atoms with Crippen molar-refractivity contribution in [3.8, 4) is 5.75 Å². The summed E-state index contributed by atoms with van der Waals surface area (Å²) in [5, 5.41) is 13.1. The van der Waals surface area contributed by atoms with Gasteiger partial charge in [0.1, 0.15) is 5.75 Å². The predicted molar refractivity (Wildman–Crippen MR) is 105 cm³/mol. The summed E-state index contributed by atoms with van der Waals surface area (Å²) in [5.41, 5.74) is 3.42. The summed E-state index contributed by atoms with van der Waals surface area (Å²) >= 11 is 5.88. The molecule has 0 bridgehead atoms. The Morgan fingerprint density at radius 3 is 2.50 bits per heavy atom. The van der Waals surface area contributed by atoms with Gasteiger partial charge in [-0.05, 0) is 54.3 Å². The van der Waals surface area contributed by atoms with Gasteiger partial charge >= 0.3 is 0 Å². The number of carbonyl (C=O) groups is 1.